The minimum Gasteiger partial charge on any atom is -0.308 e. The van der Waals surface area contributed by atoms with Gasteiger partial charge in [0, 0.05) is 24.7 Å². The molecule has 1 N–H and O–H groups in total. The van der Waals surface area contributed by atoms with Crippen molar-refractivity contribution < 1.29 is 0 Å². The average Bonchev–Trinajstić information content (AvgIpc) is 3.34. The molecule has 0 aromatic rings. The van der Waals surface area contributed by atoms with Gasteiger partial charge in [0.1, 0.15) is 0 Å². The van der Waals surface area contributed by atoms with E-state index < -0.39 is 0 Å². The fourth-order valence-electron chi connectivity index (χ4n) is 4.34. The first-order chi connectivity index (χ1) is 10.2. The van der Waals surface area contributed by atoms with Crippen molar-refractivity contribution in [3.63, 3.8) is 0 Å². The highest BCUT2D eigenvalue weighted by molar-refractivity contribution is 5.06. The highest BCUT2D eigenvalue weighted by Gasteiger charge is 2.48. The van der Waals surface area contributed by atoms with E-state index in [-0.39, 0.29) is 0 Å². The van der Waals surface area contributed by atoms with Crippen molar-refractivity contribution in [2.75, 3.05) is 19.6 Å². The van der Waals surface area contributed by atoms with Crippen LogP contribution in [0.15, 0.2) is 0 Å². The van der Waals surface area contributed by atoms with E-state index in [0.29, 0.717) is 5.54 Å². The van der Waals surface area contributed by atoms with Crippen molar-refractivity contribution in [3.05, 3.63) is 0 Å². The maximum absolute atomic E-state index is 3.94. The van der Waals surface area contributed by atoms with Crippen molar-refractivity contribution in [1.29, 1.82) is 0 Å². The van der Waals surface area contributed by atoms with Crippen molar-refractivity contribution in [2.45, 2.75) is 89.6 Å². The Morgan fingerprint density at radius 3 is 2.38 bits per heavy atom. The summed E-state index contributed by atoms with van der Waals surface area (Å²) in [5.74, 6) is 1.98. The van der Waals surface area contributed by atoms with Crippen LogP contribution in [0.2, 0.25) is 0 Å². The molecule has 0 aromatic heterocycles. The van der Waals surface area contributed by atoms with Crippen molar-refractivity contribution in [2.24, 2.45) is 11.8 Å². The SMILES string of the molecule is CCCCCCCCN1CC(C)(C2CC2)NCC1C1CC1. The van der Waals surface area contributed by atoms with Crippen LogP contribution in [0.1, 0.15) is 78.1 Å². The van der Waals surface area contributed by atoms with Gasteiger partial charge in [0.25, 0.3) is 0 Å². The molecule has 0 radical (unpaired) electrons. The summed E-state index contributed by atoms with van der Waals surface area (Å²) in [6.07, 6.45) is 14.5. The van der Waals surface area contributed by atoms with Gasteiger partial charge in [-0.15, -0.1) is 0 Å². The number of nitrogens with one attached hydrogen (secondary N) is 1. The van der Waals surface area contributed by atoms with Crippen molar-refractivity contribution >= 4 is 0 Å². The lowest BCUT2D eigenvalue weighted by molar-refractivity contribution is 0.0626. The zero-order chi connectivity index (χ0) is 14.7. The summed E-state index contributed by atoms with van der Waals surface area (Å²) < 4.78 is 0. The number of nitrogens with zero attached hydrogens (tertiary/aromatic N) is 1. The Kier molecular flexibility index (Phi) is 5.27. The third kappa shape index (κ3) is 4.22. The van der Waals surface area contributed by atoms with E-state index >= 15 is 0 Å². The molecule has 0 aromatic carbocycles. The first-order valence-electron chi connectivity index (χ1n) is 9.72. The van der Waals surface area contributed by atoms with Crippen LogP contribution < -0.4 is 5.32 Å². The lowest BCUT2D eigenvalue weighted by Gasteiger charge is -2.47. The lowest BCUT2D eigenvalue weighted by atomic mass is 9.89. The smallest absolute Gasteiger partial charge is 0.0309 e. The topological polar surface area (TPSA) is 15.3 Å². The Morgan fingerprint density at radius 2 is 1.71 bits per heavy atom. The van der Waals surface area contributed by atoms with Crippen LogP contribution in [0.5, 0.6) is 0 Å². The first kappa shape index (κ1) is 15.8. The van der Waals surface area contributed by atoms with Crippen LogP contribution >= 0.6 is 0 Å². The van der Waals surface area contributed by atoms with Crippen LogP contribution in [0.25, 0.3) is 0 Å². The zero-order valence-electron chi connectivity index (χ0n) is 14.4. The van der Waals surface area contributed by atoms with E-state index in [0.717, 1.165) is 17.9 Å². The standard InChI is InChI=1S/C19H36N2/c1-3-4-5-6-7-8-13-21-15-19(2,17-11-12-17)20-14-18(21)16-9-10-16/h16-18,20H,3-15H2,1-2H3. The van der Waals surface area contributed by atoms with Crippen LogP contribution in [-0.4, -0.2) is 36.1 Å². The molecule has 2 heteroatoms. The zero-order valence-corrected chi connectivity index (χ0v) is 14.4. The van der Waals surface area contributed by atoms with Gasteiger partial charge in [-0.3, -0.25) is 4.90 Å². The number of unbranched alkanes of at least 4 members (excludes halogenated alkanes) is 5. The number of rotatable bonds is 9. The molecule has 3 aliphatic rings. The van der Waals surface area contributed by atoms with E-state index in [2.05, 4.69) is 24.1 Å². The van der Waals surface area contributed by atoms with E-state index in [1.54, 1.807) is 0 Å². The second kappa shape index (κ2) is 7.00. The van der Waals surface area contributed by atoms with E-state index in [4.69, 9.17) is 0 Å². The number of hydrogen-bond acceptors (Lipinski definition) is 2. The first-order valence-corrected chi connectivity index (χ1v) is 9.72. The minimum absolute atomic E-state index is 0.424. The van der Waals surface area contributed by atoms with Crippen LogP contribution in [0.3, 0.4) is 0 Å². The largest absolute Gasteiger partial charge is 0.308 e. The molecular formula is C19H36N2. The van der Waals surface area contributed by atoms with Gasteiger partial charge in [0.05, 0.1) is 0 Å². The van der Waals surface area contributed by atoms with Gasteiger partial charge in [0.2, 0.25) is 0 Å². The Balaban J connectivity index is 1.44. The Hall–Kier alpha value is -0.0800. The van der Waals surface area contributed by atoms with Gasteiger partial charge in [-0.05, 0) is 57.4 Å². The second-order valence-electron chi connectivity index (χ2n) is 8.22. The quantitative estimate of drug-likeness (QED) is 0.641. The van der Waals surface area contributed by atoms with Crippen LogP contribution in [0, 0.1) is 11.8 Å². The van der Waals surface area contributed by atoms with Gasteiger partial charge in [-0.1, -0.05) is 39.0 Å². The third-order valence-corrected chi connectivity index (χ3v) is 6.16. The van der Waals surface area contributed by atoms with Crippen molar-refractivity contribution in [3.8, 4) is 0 Å². The van der Waals surface area contributed by atoms with Gasteiger partial charge < -0.3 is 5.32 Å². The molecule has 1 aliphatic heterocycles. The highest BCUT2D eigenvalue weighted by atomic mass is 15.3. The molecule has 2 unspecified atom stereocenters. The van der Waals surface area contributed by atoms with Gasteiger partial charge >= 0.3 is 0 Å². The van der Waals surface area contributed by atoms with E-state index in [9.17, 15) is 0 Å². The van der Waals surface area contributed by atoms with Crippen LogP contribution in [-0.2, 0) is 0 Å². The number of piperazine rings is 1. The molecule has 2 aliphatic carbocycles. The molecule has 3 rings (SSSR count). The molecule has 0 spiro atoms. The van der Waals surface area contributed by atoms with E-state index in [1.807, 2.05) is 0 Å². The van der Waals surface area contributed by atoms with Crippen LogP contribution in [0.4, 0.5) is 0 Å². The number of hydrogen-bond donors (Lipinski definition) is 1. The molecule has 0 amide bonds. The summed E-state index contributed by atoms with van der Waals surface area (Å²) in [4.78, 5) is 2.88. The molecule has 21 heavy (non-hydrogen) atoms. The Bertz CT molecular complexity index is 322. The second-order valence-corrected chi connectivity index (χ2v) is 8.22. The fourth-order valence-corrected chi connectivity index (χ4v) is 4.34. The predicted octanol–water partition coefficient (Wildman–Crippen LogP) is 4.20. The Labute approximate surface area is 132 Å². The molecular weight excluding hydrogens is 256 g/mol. The summed E-state index contributed by atoms with van der Waals surface area (Å²) in [6, 6.07) is 0.854. The van der Waals surface area contributed by atoms with Gasteiger partial charge in [-0.25, -0.2) is 0 Å². The fraction of sp³-hybridized carbons (Fsp3) is 1.00. The maximum Gasteiger partial charge on any atom is 0.0309 e. The molecule has 2 saturated carbocycles. The monoisotopic (exact) mass is 292 g/mol. The molecule has 1 heterocycles. The summed E-state index contributed by atoms with van der Waals surface area (Å²) in [5.41, 5.74) is 0.424. The molecule has 2 nitrogen and oxygen atoms in total. The Morgan fingerprint density at radius 1 is 1.00 bits per heavy atom. The van der Waals surface area contributed by atoms with Gasteiger partial charge in [-0.2, -0.15) is 0 Å². The maximum atomic E-state index is 3.94. The molecule has 0 bridgehead atoms. The summed E-state index contributed by atoms with van der Waals surface area (Å²) >= 11 is 0. The van der Waals surface area contributed by atoms with Crippen molar-refractivity contribution in [1.82, 2.24) is 10.2 Å². The predicted molar refractivity (Wildman–Crippen MR) is 90.6 cm³/mol. The average molecular weight is 293 g/mol. The third-order valence-electron chi connectivity index (χ3n) is 6.16. The normalized spacial score (nSPS) is 34.3. The molecule has 1 saturated heterocycles. The summed E-state index contributed by atoms with van der Waals surface area (Å²) in [6.45, 7) is 8.72. The minimum atomic E-state index is 0.424. The summed E-state index contributed by atoms with van der Waals surface area (Å²) in [5, 5.41) is 3.94. The molecule has 3 fully saturated rings. The van der Waals surface area contributed by atoms with E-state index in [1.165, 1.54) is 83.8 Å². The lowest BCUT2D eigenvalue weighted by Crippen LogP contribution is -2.64. The summed E-state index contributed by atoms with van der Waals surface area (Å²) in [7, 11) is 0. The van der Waals surface area contributed by atoms with Gasteiger partial charge in [0.15, 0.2) is 0 Å². The highest BCUT2D eigenvalue weighted by Crippen LogP contribution is 2.44. The molecule has 2 atom stereocenters. The molecule has 122 valence electrons.